The summed E-state index contributed by atoms with van der Waals surface area (Å²) in [5.41, 5.74) is 0. The van der Waals surface area contributed by atoms with Crippen LogP contribution in [0.5, 0.6) is 0 Å². The zero-order valence-electron chi connectivity index (χ0n) is 6.96. The van der Waals surface area contributed by atoms with Gasteiger partial charge in [0.15, 0.2) is 20.1 Å². The Morgan fingerprint density at radius 1 is 1.14 bits per heavy atom. The maximum atomic E-state index is 11.5. The van der Waals surface area contributed by atoms with Gasteiger partial charge in [0, 0.05) is 0 Å². The van der Waals surface area contributed by atoms with E-state index >= 15 is 0 Å². The van der Waals surface area contributed by atoms with Crippen molar-refractivity contribution < 1.29 is 8.42 Å². The highest BCUT2D eigenvalue weighted by atomic mass is 35.5. The van der Waals surface area contributed by atoms with Gasteiger partial charge < -0.3 is 0 Å². The van der Waals surface area contributed by atoms with Crippen molar-refractivity contribution in [2.24, 2.45) is 0 Å². The summed E-state index contributed by atoms with van der Waals surface area (Å²) in [6.45, 7) is 1.47. The van der Waals surface area contributed by atoms with Gasteiger partial charge in [-0.2, -0.15) is 0 Å². The van der Waals surface area contributed by atoms with Gasteiger partial charge in [0.1, 0.15) is 4.90 Å². The Morgan fingerprint density at radius 3 is 1.93 bits per heavy atom. The second-order valence-electron chi connectivity index (χ2n) is 2.31. The summed E-state index contributed by atoms with van der Waals surface area (Å²) in [6.07, 6.45) is 0. The molecule has 0 aromatic carbocycles. The van der Waals surface area contributed by atoms with Crippen LogP contribution in [-0.4, -0.2) is 24.1 Å². The highest BCUT2D eigenvalue weighted by Gasteiger charge is 2.22. The van der Waals surface area contributed by atoms with E-state index in [1.165, 1.54) is 6.92 Å². The second-order valence-corrected chi connectivity index (χ2v) is 5.58. The molecule has 8 heteroatoms. The molecule has 1 aromatic rings. The molecule has 0 unspecified atom stereocenters. The molecule has 0 saturated carbocycles. The smallest absolute Gasteiger partial charge is 0.223 e. The Bertz CT molecular complexity index is 437. The molecule has 4 nitrogen and oxygen atoms in total. The molecular formula is C6H5Cl3N2O2S. The zero-order chi connectivity index (χ0) is 10.9. The zero-order valence-corrected chi connectivity index (χ0v) is 10.0. The van der Waals surface area contributed by atoms with Gasteiger partial charge in [0.05, 0.1) is 5.75 Å². The Morgan fingerprint density at radius 2 is 1.57 bits per heavy atom. The first-order valence-electron chi connectivity index (χ1n) is 3.49. The van der Waals surface area contributed by atoms with E-state index in [4.69, 9.17) is 34.8 Å². The summed E-state index contributed by atoms with van der Waals surface area (Å²) >= 11 is 16.6. The van der Waals surface area contributed by atoms with Gasteiger partial charge in [0.2, 0.25) is 5.28 Å². The summed E-state index contributed by atoms with van der Waals surface area (Å²) in [6, 6.07) is 0. The Balaban J connectivity index is 3.51. The lowest BCUT2D eigenvalue weighted by atomic mass is 10.7. The van der Waals surface area contributed by atoms with E-state index in [2.05, 4.69) is 9.97 Å². The molecule has 0 bridgehead atoms. The molecule has 0 radical (unpaired) electrons. The molecule has 0 aliphatic heterocycles. The summed E-state index contributed by atoms with van der Waals surface area (Å²) in [5.74, 6) is -0.128. The molecule has 0 aliphatic rings. The van der Waals surface area contributed by atoms with Gasteiger partial charge >= 0.3 is 0 Å². The van der Waals surface area contributed by atoms with Gasteiger partial charge in [0.25, 0.3) is 0 Å². The Labute approximate surface area is 96.1 Å². The van der Waals surface area contributed by atoms with E-state index in [1.807, 2.05) is 0 Å². The van der Waals surface area contributed by atoms with Gasteiger partial charge in [-0.15, -0.1) is 0 Å². The summed E-state index contributed by atoms with van der Waals surface area (Å²) < 4.78 is 22.9. The minimum atomic E-state index is -3.52. The van der Waals surface area contributed by atoms with E-state index in [1.54, 1.807) is 0 Å². The van der Waals surface area contributed by atoms with Gasteiger partial charge in [-0.3, -0.25) is 0 Å². The van der Waals surface area contributed by atoms with Crippen molar-refractivity contribution >= 4 is 44.6 Å². The molecule has 0 saturated heterocycles. The predicted octanol–water partition coefficient (Wildman–Crippen LogP) is 2.23. The van der Waals surface area contributed by atoms with Crippen LogP contribution in [-0.2, 0) is 9.84 Å². The van der Waals surface area contributed by atoms with Crippen molar-refractivity contribution in [2.75, 3.05) is 5.75 Å². The number of aromatic nitrogens is 2. The van der Waals surface area contributed by atoms with Crippen molar-refractivity contribution in [1.82, 2.24) is 9.97 Å². The fourth-order valence-corrected chi connectivity index (χ4v) is 3.02. The number of hydrogen-bond acceptors (Lipinski definition) is 4. The van der Waals surface area contributed by atoms with Gasteiger partial charge in [-0.1, -0.05) is 30.1 Å². The molecule has 14 heavy (non-hydrogen) atoms. The lowest BCUT2D eigenvalue weighted by Crippen LogP contribution is -2.07. The average molecular weight is 276 g/mol. The van der Waals surface area contributed by atoms with Crippen LogP contribution in [0.25, 0.3) is 0 Å². The summed E-state index contributed by atoms with van der Waals surface area (Å²) in [5, 5.41) is -0.691. The number of hydrogen-bond donors (Lipinski definition) is 0. The minimum absolute atomic E-state index is 0.128. The normalized spacial score (nSPS) is 11.7. The molecule has 1 aromatic heterocycles. The monoisotopic (exact) mass is 274 g/mol. The molecule has 0 spiro atoms. The third-order valence-electron chi connectivity index (χ3n) is 1.45. The van der Waals surface area contributed by atoms with Crippen molar-refractivity contribution in [2.45, 2.75) is 11.8 Å². The molecule has 1 rings (SSSR count). The quantitative estimate of drug-likeness (QED) is 0.613. The summed E-state index contributed by atoms with van der Waals surface area (Å²) in [7, 11) is -3.52. The molecule has 0 N–H and O–H groups in total. The first-order valence-corrected chi connectivity index (χ1v) is 6.28. The fourth-order valence-electron chi connectivity index (χ4n) is 0.775. The molecule has 1 heterocycles. The van der Waals surface area contributed by atoms with Crippen LogP contribution in [0, 0.1) is 0 Å². The third kappa shape index (κ3) is 2.28. The Hall–Kier alpha value is -0.100. The van der Waals surface area contributed by atoms with E-state index in [-0.39, 0.29) is 26.2 Å². The maximum absolute atomic E-state index is 11.5. The third-order valence-corrected chi connectivity index (χ3v) is 4.16. The van der Waals surface area contributed by atoms with E-state index in [0.29, 0.717) is 0 Å². The predicted molar refractivity (Wildman–Crippen MR) is 54.8 cm³/mol. The molecule has 78 valence electrons. The SMILES string of the molecule is CCS(=O)(=O)c1c(Cl)nc(Cl)nc1Cl. The van der Waals surface area contributed by atoms with Gasteiger partial charge in [-0.25, -0.2) is 18.4 Å². The van der Waals surface area contributed by atoms with Crippen LogP contribution in [0.4, 0.5) is 0 Å². The van der Waals surface area contributed by atoms with Crippen LogP contribution < -0.4 is 0 Å². The van der Waals surface area contributed by atoms with Crippen molar-refractivity contribution in [3.63, 3.8) is 0 Å². The highest BCUT2D eigenvalue weighted by molar-refractivity contribution is 7.91. The highest BCUT2D eigenvalue weighted by Crippen LogP contribution is 2.28. The van der Waals surface area contributed by atoms with E-state index < -0.39 is 9.84 Å². The summed E-state index contributed by atoms with van der Waals surface area (Å²) in [4.78, 5) is 6.74. The first kappa shape index (κ1) is 12.0. The van der Waals surface area contributed by atoms with E-state index in [0.717, 1.165) is 0 Å². The largest absolute Gasteiger partial charge is 0.225 e. The van der Waals surface area contributed by atoms with Gasteiger partial charge in [-0.05, 0) is 11.6 Å². The lowest BCUT2D eigenvalue weighted by Gasteiger charge is -2.04. The average Bonchev–Trinajstić information content (AvgIpc) is 2.01. The number of nitrogens with zero attached hydrogens (tertiary/aromatic N) is 2. The maximum Gasteiger partial charge on any atom is 0.225 e. The minimum Gasteiger partial charge on any atom is -0.223 e. The van der Waals surface area contributed by atoms with Crippen molar-refractivity contribution in [3.05, 3.63) is 15.6 Å². The van der Waals surface area contributed by atoms with Crippen LogP contribution >= 0.6 is 34.8 Å². The number of rotatable bonds is 2. The van der Waals surface area contributed by atoms with Crippen LogP contribution in [0.15, 0.2) is 4.90 Å². The molecule has 0 atom stereocenters. The molecule has 0 amide bonds. The van der Waals surface area contributed by atoms with Crippen LogP contribution in [0.1, 0.15) is 6.92 Å². The standard InChI is InChI=1S/C6H5Cl3N2O2S/c1-2-14(12,13)3-4(7)10-6(9)11-5(3)8/h2H2,1H3. The number of sulfone groups is 1. The number of halogens is 3. The molecule has 0 fully saturated rings. The second kappa shape index (κ2) is 4.18. The van der Waals surface area contributed by atoms with Crippen LogP contribution in [0.3, 0.4) is 0 Å². The van der Waals surface area contributed by atoms with Crippen molar-refractivity contribution in [1.29, 1.82) is 0 Å². The fraction of sp³-hybridized carbons (Fsp3) is 0.333. The molecular weight excluding hydrogens is 271 g/mol. The Kier molecular flexibility index (Phi) is 3.58. The van der Waals surface area contributed by atoms with E-state index in [9.17, 15) is 8.42 Å². The molecule has 0 aliphatic carbocycles. The lowest BCUT2D eigenvalue weighted by molar-refractivity contribution is 0.596. The first-order chi connectivity index (χ1) is 6.38. The van der Waals surface area contributed by atoms with Crippen LogP contribution in [0.2, 0.25) is 15.6 Å². The van der Waals surface area contributed by atoms with Crippen molar-refractivity contribution in [3.8, 4) is 0 Å². The topological polar surface area (TPSA) is 59.9 Å².